The van der Waals surface area contributed by atoms with Crippen LogP contribution in [-0.2, 0) is 4.79 Å². The van der Waals surface area contributed by atoms with E-state index in [1.54, 1.807) is 19.1 Å². The molecule has 0 aliphatic rings. The molecule has 2 nitrogen and oxygen atoms in total. The SMILES string of the molecule is C/C=C/C=C/C(=O)[O-].[Cs+]. The van der Waals surface area contributed by atoms with Crippen molar-refractivity contribution >= 4 is 5.97 Å². The standard InChI is InChI=1S/C6H8O2.Cs/c1-2-3-4-5-6(7)8;/h2-5H,1H3,(H,7,8);/q;+1/p-1/b3-2+,5-4+;. The van der Waals surface area contributed by atoms with Gasteiger partial charge < -0.3 is 9.90 Å². The van der Waals surface area contributed by atoms with E-state index in [0.717, 1.165) is 6.08 Å². The van der Waals surface area contributed by atoms with Crippen LogP contribution >= 0.6 is 0 Å². The second-order valence-corrected chi connectivity index (χ2v) is 1.20. The fraction of sp³-hybridized carbons (Fsp3) is 0.167. The van der Waals surface area contributed by atoms with Crippen molar-refractivity contribution in [1.82, 2.24) is 0 Å². The van der Waals surface area contributed by atoms with E-state index in [9.17, 15) is 9.90 Å². The quantitative estimate of drug-likeness (QED) is 0.380. The molecule has 0 saturated carbocycles. The van der Waals surface area contributed by atoms with E-state index in [4.69, 9.17) is 0 Å². The molecule has 9 heavy (non-hydrogen) atoms. The molecule has 0 aromatic rings. The first-order valence-electron chi connectivity index (χ1n) is 2.27. The molecule has 0 radical (unpaired) electrons. The van der Waals surface area contributed by atoms with Gasteiger partial charge >= 0.3 is 68.9 Å². The number of rotatable bonds is 2. The molecule has 0 bridgehead atoms. The van der Waals surface area contributed by atoms with Crippen molar-refractivity contribution in [1.29, 1.82) is 0 Å². The van der Waals surface area contributed by atoms with Crippen LogP contribution in [0.25, 0.3) is 0 Å². The third-order valence-corrected chi connectivity index (χ3v) is 0.536. The normalized spacial score (nSPS) is 9.89. The molecule has 0 heterocycles. The number of allylic oxidation sites excluding steroid dienone is 3. The minimum Gasteiger partial charge on any atom is -0.545 e. The molecule has 0 rings (SSSR count). The van der Waals surface area contributed by atoms with E-state index < -0.39 is 5.97 Å². The molecular formula is C6H7CsO2. The summed E-state index contributed by atoms with van der Waals surface area (Å²) in [7, 11) is 0. The molecule has 0 spiro atoms. The first kappa shape index (κ1) is 12.7. The molecule has 0 amide bonds. The van der Waals surface area contributed by atoms with Crippen LogP contribution in [-0.4, -0.2) is 5.97 Å². The van der Waals surface area contributed by atoms with Gasteiger partial charge in [-0.05, 0) is 13.0 Å². The summed E-state index contributed by atoms with van der Waals surface area (Å²) < 4.78 is 0. The molecule has 0 N–H and O–H groups in total. The Bertz CT molecular complexity index is 127. The van der Waals surface area contributed by atoms with Crippen LogP contribution in [0.3, 0.4) is 0 Å². The van der Waals surface area contributed by atoms with E-state index >= 15 is 0 Å². The zero-order valence-electron chi connectivity index (χ0n) is 5.63. The Morgan fingerprint density at radius 2 is 2.00 bits per heavy atom. The summed E-state index contributed by atoms with van der Waals surface area (Å²) in [5, 5.41) is 9.64. The van der Waals surface area contributed by atoms with E-state index in [0.29, 0.717) is 0 Å². The van der Waals surface area contributed by atoms with Gasteiger partial charge in [0.25, 0.3) is 0 Å². The van der Waals surface area contributed by atoms with E-state index in [1.807, 2.05) is 0 Å². The maximum atomic E-state index is 9.64. The molecule has 0 aliphatic carbocycles. The summed E-state index contributed by atoms with van der Waals surface area (Å²) in [5.74, 6) is -1.16. The van der Waals surface area contributed by atoms with Crippen molar-refractivity contribution in [3.05, 3.63) is 24.3 Å². The molecule has 44 valence electrons. The second kappa shape index (κ2) is 9.00. The molecule has 0 aliphatic heterocycles. The average molecular weight is 244 g/mol. The molecule has 0 atom stereocenters. The molecule has 3 heteroatoms. The number of hydrogen-bond donors (Lipinski definition) is 0. The van der Waals surface area contributed by atoms with Gasteiger partial charge in [0.1, 0.15) is 0 Å². The maximum Gasteiger partial charge on any atom is 1.00 e. The van der Waals surface area contributed by atoms with E-state index in [1.165, 1.54) is 6.08 Å². The molecule has 0 aromatic heterocycles. The van der Waals surface area contributed by atoms with Crippen molar-refractivity contribution in [3.8, 4) is 0 Å². The summed E-state index contributed by atoms with van der Waals surface area (Å²) in [4.78, 5) is 9.64. The summed E-state index contributed by atoms with van der Waals surface area (Å²) in [5.41, 5.74) is 0. The van der Waals surface area contributed by atoms with Gasteiger partial charge in [0.05, 0.1) is 5.97 Å². The van der Waals surface area contributed by atoms with Crippen molar-refractivity contribution in [2.45, 2.75) is 6.92 Å². The van der Waals surface area contributed by atoms with Gasteiger partial charge in [-0.1, -0.05) is 18.2 Å². The van der Waals surface area contributed by atoms with Gasteiger partial charge in [0.2, 0.25) is 0 Å². The topological polar surface area (TPSA) is 40.1 Å². The van der Waals surface area contributed by atoms with Crippen molar-refractivity contribution in [3.63, 3.8) is 0 Å². The predicted molar refractivity (Wildman–Crippen MR) is 29.0 cm³/mol. The number of carbonyl (C=O) groups is 1. The fourth-order valence-corrected chi connectivity index (χ4v) is 0.245. The van der Waals surface area contributed by atoms with Crippen LogP contribution in [0.2, 0.25) is 0 Å². The Kier molecular flexibility index (Phi) is 12.7. The number of aliphatic carboxylic acids is 1. The van der Waals surface area contributed by atoms with Crippen LogP contribution in [0, 0.1) is 0 Å². The van der Waals surface area contributed by atoms with Crippen molar-refractivity contribution in [2.24, 2.45) is 0 Å². The van der Waals surface area contributed by atoms with Gasteiger partial charge in [-0.3, -0.25) is 0 Å². The Labute approximate surface area is 113 Å². The number of hydrogen-bond acceptors (Lipinski definition) is 2. The Balaban J connectivity index is 0. The third kappa shape index (κ3) is 12.3. The Morgan fingerprint density at radius 3 is 2.33 bits per heavy atom. The minimum absolute atomic E-state index is 0. The van der Waals surface area contributed by atoms with Gasteiger partial charge in [0, 0.05) is 0 Å². The zero-order chi connectivity index (χ0) is 6.41. The summed E-state index contributed by atoms with van der Waals surface area (Å²) in [6, 6.07) is 0. The maximum absolute atomic E-state index is 9.64. The van der Waals surface area contributed by atoms with Gasteiger partial charge in [-0.15, -0.1) is 0 Å². The Morgan fingerprint density at radius 1 is 1.44 bits per heavy atom. The fourth-order valence-electron chi connectivity index (χ4n) is 0.245. The van der Waals surface area contributed by atoms with Crippen LogP contribution in [0.1, 0.15) is 6.92 Å². The first-order chi connectivity index (χ1) is 3.77. The number of carboxylic acid groups (broad SMARTS) is 1. The van der Waals surface area contributed by atoms with E-state index in [2.05, 4.69) is 0 Å². The van der Waals surface area contributed by atoms with Crippen molar-refractivity contribution < 1.29 is 78.8 Å². The number of carbonyl (C=O) groups excluding carboxylic acids is 1. The monoisotopic (exact) mass is 244 g/mol. The van der Waals surface area contributed by atoms with Gasteiger partial charge in [-0.25, -0.2) is 0 Å². The largest absolute Gasteiger partial charge is 1.00 e. The second-order valence-electron chi connectivity index (χ2n) is 1.20. The van der Waals surface area contributed by atoms with Gasteiger partial charge in [0.15, 0.2) is 0 Å². The minimum atomic E-state index is -1.16. The first-order valence-corrected chi connectivity index (χ1v) is 2.27. The number of carboxylic acids is 1. The average Bonchev–Trinajstić information content (AvgIpc) is 1.66. The summed E-state index contributed by atoms with van der Waals surface area (Å²) in [6.45, 7) is 1.81. The smallest absolute Gasteiger partial charge is 0.545 e. The van der Waals surface area contributed by atoms with Crippen LogP contribution < -0.4 is 74.0 Å². The van der Waals surface area contributed by atoms with Crippen molar-refractivity contribution in [2.75, 3.05) is 0 Å². The Hall–Kier alpha value is 1.00. The van der Waals surface area contributed by atoms with Crippen LogP contribution in [0.15, 0.2) is 24.3 Å². The molecule has 0 unspecified atom stereocenters. The molecular weight excluding hydrogens is 237 g/mol. The predicted octanol–water partition coefficient (Wildman–Crippen LogP) is -3.13. The molecule has 0 fully saturated rings. The van der Waals surface area contributed by atoms with Crippen LogP contribution in [0.4, 0.5) is 0 Å². The van der Waals surface area contributed by atoms with E-state index in [-0.39, 0.29) is 68.9 Å². The summed E-state index contributed by atoms with van der Waals surface area (Å²) in [6.07, 6.45) is 5.74. The molecule has 0 saturated heterocycles. The van der Waals surface area contributed by atoms with Crippen LogP contribution in [0.5, 0.6) is 0 Å². The zero-order valence-corrected chi connectivity index (χ0v) is 11.9. The summed E-state index contributed by atoms with van der Waals surface area (Å²) >= 11 is 0. The molecule has 0 aromatic carbocycles. The third-order valence-electron chi connectivity index (χ3n) is 0.536. The van der Waals surface area contributed by atoms with Gasteiger partial charge in [-0.2, -0.15) is 0 Å².